The van der Waals surface area contributed by atoms with Crippen LogP contribution in [0.3, 0.4) is 0 Å². The van der Waals surface area contributed by atoms with Gasteiger partial charge in [0.15, 0.2) is 0 Å². The Balaban J connectivity index is 1.49. The number of carbonyl (C=O) groups is 1. The molecule has 2 aromatic carbocycles. The van der Waals surface area contributed by atoms with Gasteiger partial charge in [0.2, 0.25) is 0 Å². The Kier molecular flexibility index (Phi) is 6.97. The van der Waals surface area contributed by atoms with E-state index in [1.54, 1.807) is 42.5 Å². The lowest BCUT2D eigenvalue weighted by molar-refractivity contribution is 0.0525. The molecular weight excluding hydrogens is 376 g/mol. The summed E-state index contributed by atoms with van der Waals surface area (Å²) in [6.45, 7) is 3.34. The fourth-order valence-corrected chi connectivity index (χ4v) is 3.86. The molecule has 0 saturated carbocycles. The number of aliphatic hydroxyl groups is 1. The SMILES string of the molecule is CCOC(=O)c1cccc(OC[C@@H](O)CN(C)Cc2nc3ccccc3s2)c1. The van der Waals surface area contributed by atoms with Crippen LogP contribution in [0.15, 0.2) is 48.5 Å². The van der Waals surface area contributed by atoms with Gasteiger partial charge in [-0.05, 0) is 44.3 Å². The minimum atomic E-state index is -0.661. The van der Waals surface area contributed by atoms with E-state index < -0.39 is 6.10 Å². The van der Waals surface area contributed by atoms with Gasteiger partial charge in [0, 0.05) is 6.54 Å². The highest BCUT2D eigenvalue weighted by atomic mass is 32.1. The topological polar surface area (TPSA) is 71.9 Å². The maximum absolute atomic E-state index is 11.8. The van der Waals surface area contributed by atoms with Crippen LogP contribution in [0.1, 0.15) is 22.3 Å². The summed E-state index contributed by atoms with van der Waals surface area (Å²) in [5, 5.41) is 11.3. The Morgan fingerprint density at radius 1 is 1.25 bits per heavy atom. The zero-order valence-electron chi connectivity index (χ0n) is 16.0. The smallest absolute Gasteiger partial charge is 0.338 e. The number of aromatic nitrogens is 1. The number of ether oxygens (including phenoxy) is 2. The fourth-order valence-electron chi connectivity index (χ4n) is 2.82. The first-order valence-corrected chi connectivity index (χ1v) is 9.98. The van der Waals surface area contributed by atoms with Crippen molar-refractivity contribution < 1.29 is 19.4 Å². The van der Waals surface area contributed by atoms with Crippen molar-refractivity contribution in [2.75, 3.05) is 26.8 Å². The number of hydrogen-bond donors (Lipinski definition) is 1. The third kappa shape index (κ3) is 5.51. The number of carbonyl (C=O) groups excluding carboxylic acids is 1. The first kappa shape index (κ1) is 20.3. The summed E-state index contributed by atoms with van der Waals surface area (Å²) >= 11 is 1.66. The number of nitrogens with zero attached hydrogens (tertiary/aromatic N) is 2. The molecule has 1 N–H and O–H groups in total. The summed E-state index contributed by atoms with van der Waals surface area (Å²) in [4.78, 5) is 18.4. The average Bonchev–Trinajstić information content (AvgIpc) is 3.08. The number of thiazole rings is 1. The number of benzene rings is 2. The maximum atomic E-state index is 11.8. The second-order valence-electron chi connectivity index (χ2n) is 6.49. The molecular formula is C21H24N2O4S. The van der Waals surface area contributed by atoms with Crippen LogP contribution in [-0.2, 0) is 11.3 Å². The third-order valence-electron chi connectivity index (χ3n) is 4.05. The summed E-state index contributed by atoms with van der Waals surface area (Å²) in [5.41, 5.74) is 1.43. The van der Waals surface area contributed by atoms with Crippen molar-refractivity contribution in [1.29, 1.82) is 0 Å². The largest absolute Gasteiger partial charge is 0.491 e. The summed E-state index contributed by atoms with van der Waals surface area (Å²) in [6.07, 6.45) is -0.661. The van der Waals surface area contributed by atoms with Crippen molar-refractivity contribution in [3.63, 3.8) is 0 Å². The normalized spacial score (nSPS) is 12.3. The van der Waals surface area contributed by atoms with Gasteiger partial charge in [0.25, 0.3) is 0 Å². The molecule has 28 heavy (non-hydrogen) atoms. The highest BCUT2D eigenvalue weighted by Gasteiger charge is 2.13. The number of fused-ring (bicyclic) bond motifs is 1. The maximum Gasteiger partial charge on any atom is 0.338 e. The van der Waals surface area contributed by atoms with E-state index in [2.05, 4.69) is 11.1 Å². The Hall–Kier alpha value is -2.48. The molecule has 0 radical (unpaired) electrons. The summed E-state index contributed by atoms with van der Waals surface area (Å²) in [7, 11) is 1.94. The Labute approximate surface area is 168 Å². The van der Waals surface area contributed by atoms with E-state index in [9.17, 15) is 9.90 Å². The molecule has 3 aromatic rings. The lowest BCUT2D eigenvalue weighted by Crippen LogP contribution is -2.32. The van der Waals surface area contributed by atoms with Gasteiger partial charge in [0.1, 0.15) is 23.5 Å². The molecule has 6 nitrogen and oxygen atoms in total. The van der Waals surface area contributed by atoms with Gasteiger partial charge in [-0.3, -0.25) is 4.90 Å². The van der Waals surface area contributed by atoms with E-state index in [0.717, 1.165) is 15.2 Å². The van der Waals surface area contributed by atoms with Crippen molar-refractivity contribution in [3.05, 3.63) is 59.1 Å². The summed E-state index contributed by atoms with van der Waals surface area (Å²) in [6, 6.07) is 14.8. The van der Waals surface area contributed by atoms with Gasteiger partial charge < -0.3 is 14.6 Å². The van der Waals surface area contributed by atoms with Crippen LogP contribution < -0.4 is 4.74 Å². The molecule has 1 aromatic heterocycles. The number of rotatable bonds is 9. The second kappa shape index (κ2) is 9.64. The molecule has 0 fully saturated rings. The Morgan fingerprint density at radius 2 is 2.07 bits per heavy atom. The highest BCUT2D eigenvalue weighted by Crippen LogP contribution is 2.22. The number of para-hydroxylation sites is 1. The molecule has 0 unspecified atom stereocenters. The monoisotopic (exact) mass is 400 g/mol. The number of likely N-dealkylation sites (N-methyl/N-ethyl adjacent to an activating group) is 1. The molecule has 3 rings (SSSR count). The Bertz CT molecular complexity index is 894. The third-order valence-corrected chi connectivity index (χ3v) is 5.07. The zero-order valence-corrected chi connectivity index (χ0v) is 16.8. The minimum Gasteiger partial charge on any atom is -0.491 e. The standard InChI is InChI=1S/C21H24N2O4S/c1-3-26-21(25)15-7-6-8-17(11-15)27-14-16(24)12-23(2)13-20-22-18-9-4-5-10-19(18)28-20/h4-11,16,24H,3,12-14H2,1-2H3/t16-/m0/s1. The van der Waals surface area contributed by atoms with Crippen LogP contribution in [0.2, 0.25) is 0 Å². The van der Waals surface area contributed by atoms with Crippen LogP contribution in [0.4, 0.5) is 0 Å². The van der Waals surface area contributed by atoms with E-state index in [1.807, 2.05) is 30.1 Å². The number of aliphatic hydroxyl groups excluding tert-OH is 1. The molecule has 0 aliphatic heterocycles. The molecule has 0 bridgehead atoms. The molecule has 0 aliphatic rings. The number of hydrogen-bond acceptors (Lipinski definition) is 7. The van der Waals surface area contributed by atoms with Crippen LogP contribution in [-0.4, -0.2) is 53.9 Å². The predicted octanol–water partition coefficient (Wildman–Crippen LogP) is 3.34. The second-order valence-corrected chi connectivity index (χ2v) is 7.60. The average molecular weight is 401 g/mol. The molecule has 0 aliphatic carbocycles. The van der Waals surface area contributed by atoms with Gasteiger partial charge in [-0.2, -0.15) is 0 Å². The highest BCUT2D eigenvalue weighted by molar-refractivity contribution is 7.18. The van der Waals surface area contributed by atoms with Crippen LogP contribution in [0.5, 0.6) is 5.75 Å². The molecule has 1 heterocycles. The van der Waals surface area contributed by atoms with E-state index >= 15 is 0 Å². The molecule has 0 spiro atoms. The lowest BCUT2D eigenvalue weighted by Gasteiger charge is -2.19. The van der Waals surface area contributed by atoms with Crippen molar-refractivity contribution in [2.24, 2.45) is 0 Å². The summed E-state index contributed by atoms with van der Waals surface area (Å²) < 4.78 is 11.8. The molecule has 1 atom stereocenters. The quantitative estimate of drug-likeness (QED) is 0.556. The van der Waals surface area contributed by atoms with Crippen molar-refractivity contribution in [3.8, 4) is 5.75 Å². The van der Waals surface area contributed by atoms with E-state index in [4.69, 9.17) is 9.47 Å². The van der Waals surface area contributed by atoms with E-state index in [1.165, 1.54) is 0 Å². The van der Waals surface area contributed by atoms with Crippen molar-refractivity contribution >= 4 is 27.5 Å². The van der Waals surface area contributed by atoms with Gasteiger partial charge >= 0.3 is 5.97 Å². The van der Waals surface area contributed by atoms with E-state index in [0.29, 0.717) is 31.0 Å². The van der Waals surface area contributed by atoms with Crippen LogP contribution >= 0.6 is 11.3 Å². The van der Waals surface area contributed by atoms with Crippen LogP contribution in [0.25, 0.3) is 10.2 Å². The Morgan fingerprint density at radius 3 is 2.86 bits per heavy atom. The minimum absolute atomic E-state index is 0.135. The molecule has 0 amide bonds. The van der Waals surface area contributed by atoms with Crippen molar-refractivity contribution in [2.45, 2.75) is 19.6 Å². The fraction of sp³-hybridized carbons (Fsp3) is 0.333. The lowest BCUT2D eigenvalue weighted by atomic mass is 10.2. The first-order valence-electron chi connectivity index (χ1n) is 9.16. The van der Waals surface area contributed by atoms with Gasteiger partial charge in [-0.15, -0.1) is 11.3 Å². The molecule has 7 heteroatoms. The first-order chi connectivity index (χ1) is 13.5. The molecule has 0 saturated heterocycles. The molecule has 148 valence electrons. The summed E-state index contributed by atoms with van der Waals surface area (Å²) in [5.74, 6) is 0.141. The number of esters is 1. The predicted molar refractivity (Wildman–Crippen MR) is 110 cm³/mol. The van der Waals surface area contributed by atoms with Gasteiger partial charge in [-0.1, -0.05) is 18.2 Å². The van der Waals surface area contributed by atoms with Crippen molar-refractivity contribution in [1.82, 2.24) is 9.88 Å². The van der Waals surface area contributed by atoms with Gasteiger partial charge in [-0.25, -0.2) is 9.78 Å². The van der Waals surface area contributed by atoms with Gasteiger partial charge in [0.05, 0.1) is 28.9 Å². The van der Waals surface area contributed by atoms with Crippen LogP contribution in [0, 0.1) is 0 Å². The van der Waals surface area contributed by atoms with E-state index in [-0.39, 0.29) is 12.6 Å². The zero-order chi connectivity index (χ0) is 19.9.